The van der Waals surface area contributed by atoms with Gasteiger partial charge in [-0.15, -0.1) is 0 Å². The molecule has 0 radical (unpaired) electrons. The first-order valence-electron chi connectivity index (χ1n) is 5.43. The fourth-order valence-electron chi connectivity index (χ4n) is 1.69. The predicted molar refractivity (Wildman–Crippen MR) is 66.9 cm³/mol. The van der Waals surface area contributed by atoms with Gasteiger partial charge in [0.15, 0.2) is 0 Å². The molecule has 5 nitrogen and oxygen atoms in total. The largest absolute Gasteiger partial charge is 0.395 e. The molecule has 2 amide bonds. The Labute approximate surface area is 113 Å². The van der Waals surface area contributed by atoms with Gasteiger partial charge in [-0.1, -0.05) is 11.6 Å². The number of hydrogen-bond donors (Lipinski definition) is 2. The van der Waals surface area contributed by atoms with Gasteiger partial charge in [0.05, 0.1) is 13.2 Å². The number of benzene rings is 1. The Bertz CT molecular complexity index is 554. The summed E-state index contributed by atoms with van der Waals surface area (Å²) in [5.41, 5.74) is 0.281. The number of carbonyl (C=O) groups excluding carboxylic acids is 2. The molecule has 7 heteroatoms. The molecule has 2 N–H and O–H groups in total. The number of nitrogens with zero attached hydrogens (tertiary/aromatic N) is 1. The van der Waals surface area contributed by atoms with Crippen molar-refractivity contribution in [3.05, 3.63) is 40.8 Å². The van der Waals surface area contributed by atoms with Crippen LogP contribution in [-0.4, -0.2) is 35.0 Å². The van der Waals surface area contributed by atoms with Crippen LogP contribution in [0.4, 0.5) is 10.1 Å². The molecule has 0 bridgehead atoms. The maximum atomic E-state index is 13.1. The summed E-state index contributed by atoms with van der Waals surface area (Å²) >= 11 is 5.68. The molecular formula is C12H10ClFN2O3. The van der Waals surface area contributed by atoms with Gasteiger partial charge in [-0.2, -0.15) is 0 Å². The van der Waals surface area contributed by atoms with E-state index in [0.29, 0.717) is 0 Å². The van der Waals surface area contributed by atoms with E-state index in [1.807, 2.05) is 0 Å². The standard InChI is InChI=1S/C12H10ClFN2O3/c13-7-3-8(14)5-9(4-7)15-10-6-11(18)16(1-2-17)12(10)19/h3-6,15,17H,1-2H2. The Kier molecular flexibility index (Phi) is 3.82. The zero-order chi connectivity index (χ0) is 14.0. The summed E-state index contributed by atoms with van der Waals surface area (Å²) in [7, 11) is 0. The highest BCUT2D eigenvalue weighted by atomic mass is 35.5. The lowest BCUT2D eigenvalue weighted by atomic mass is 10.3. The molecule has 0 aromatic heterocycles. The third-order valence-corrected chi connectivity index (χ3v) is 2.69. The molecule has 0 aliphatic carbocycles. The van der Waals surface area contributed by atoms with Gasteiger partial charge in [0.2, 0.25) is 0 Å². The molecule has 0 fully saturated rings. The van der Waals surface area contributed by atoms with Crippen LogP contribution in [0.3, 0.4) is 0 Å². The zero-order valence-corrected chi connectivity index (χ0v) is 10.4. The van der Waals surface area contributed by atoms with Crippen LogP contribution in [0.15, 0.2) is 30.0 Å². The minimum Gasteiger partial charge on any atom is -0.395 e. The van der Waals surface area contributed by atoms with Crippen molar-refractivity contribution in [2.75, 3.05) is 18.5 Å². The first-order chi connectivity index (χ1) is 9.01. The maximum absolute atomic E-state index is 13.1. The van der Waals surface area contributed by atoms with Crippen LogP contribution in [0.1, 0.15) is 0 Å². The van der Waals surface area contributed by atoms with E-state index in [9.17, 15) is 14.0 Å². The first-order valence-corrected chi connectivity index (χ1v) is 5.80. The Balaban J connectivity index is 2.18. The summed E-state index contributed by atoms with van der Waals surface area (Å²) in [5, 5.41) is 11.6. The summed E-state index contributed by atoms with van der Waals surface area (Å²) in [5.74, 6) is -1.65. The number of nitrogens with one attached hydrogen (secondary N) is 1. The van der Waals surface area contributed by atoms with E-state index in [-0.39, 0.29) is 29.6 Å². The van der Waals surface area contributed by atoms with Gasteiger partial charge >= 0.3 is 0 Å². The maximum Gasteiger partial charge on any atom is 0.277 e. The van der Waals surface area contributed by atoms with Gasteiger partial charge in [0.25, 0.3) is 11.8 Å². The topological polar surface area (TPSA) is 69.6 Å². The van der Waals surface area contributed by atoms with Crippen molar-refractivity contribution in [3.8, 4) is 0 Å². The SMILES string of the molecule is O=C1C=C(Nc2cc(F)cc(Cl)c2)C(=O)N1CCO. The van der Waals surface area contributed by atoms with Crippen LogP contribution in [0, 0.1) is 5.82 Å². The molecule has 1 aromatic rings. The van der Waals surface area contributed by atoms with Gasteiger partial charge in [-0.25, -0.2) is 4.39 Å². The molecule has 2 rings (SSSR count). The Morgan fingerprint density at radius 2 is 2.05 bits per heavy atom. The molecule has 1 aliphatic rings. The smallest absolute Gasteiger partial charge is 0.277 e. The summed E-state index contributed by atoms with van der Waals surface area (Å²) in [6.07, 6.45) is 1.09. The molecule has 1 heterocycles. The number of halogens is 2. The molecule has 0 spiro atoms. The average molecular weight is 285 g/mol. The fraction of sp³-hybridized carbons (Fsp3) is 0.167. The van der Waals surface area contributed by atoms with Crippen molar-refractivity contribution < 1.29 is 19.1 Å². The van der Waals surface area contributed by atoms with E-state index in [2.05, 4.69) is 5.32 Å². The van der Waals surface area contributed by atoms with Crippen LogP contribution in [0.25, 0.3) is 0 Å². The third kappa shape index (κ3) is 2.91. The minimum absolute atomic E-state index is 0.0140. The van der Waals surface area contributed by atoms with E-state index in [0.717, 1.165) is 23.1 Å². The first kappa shape index (κ1) is 13.5. The van der Waals surface area contributed by atoms with Gasteiger partial charge in [-0.3, -0.25) is 14.5 Å². The molecule has 0 atom stereocenters. The molecular weight excluding hydrogens is 275 g/mol. The van der Waals surface area contributed by atoms with Crippen LogP contribution >= 0.6 is 11.6 Å². The number of amides is 2. The lowest BCUT2D eigenvalue weighted by Gasteiger charge is -2.13. The number of hydrogen-bond acceptors (Lipinski definition) is 4. The van der Waals surface area contributed by atoms with E-state index in [1.165, 1.54) is 6.07 Å². The summed E-state index contributed by atoms with van der Waals surface area (Å²) in [6.45, 7) is -0.395. The van der Waals surface area contributed by atoms with E-state index in [1.54, 1.807) is 0 Å². The van der Waals surface area contributed by atoms with Crippen molar-refractivity contribution in [2.45, 2.75) is 0 Å². The predicted octanol–water partition coefficient (Wildman–Crippen LogP) is 1.14. The summed E-state index contributed by atoms with van der Waals surface area (Å²) < 4.78 is 13.1. The van der Waals surface area contributed by atoms with Gasteiger partial charge in [0.1, 0.15) is 11.5 Å². The molecule has 1 aliphatic heterocycles. The zero-order valence-electron chi connectivity index (χ0n) is 9.69. The van der Waals surface area contributed by atoms with E-state index < -0.39 is 17.6 Å². The van der Waals surface area contributed by atoms with Crippen molar-refractivity contribution >= 4 is 29.1 Å². The number of β-amino-alcohol motifs (C(OH)–C–C–N with tert-alkyl or cyclic N) is 1. The monoisotopic (exact) mass is 284 g/mol. The normalized spacial score (nSPS) is 14.9. The molecule has 0 unspecified atom stereocenters. The number of aliphatic hydroxyl groups is 1. The van der Waals surface area contributed by atoms with Crippen LogP contribution in [0.5, 0.6) is 0 Å². The highest BCUT2D eigenvalue weighted by Crippen LogP contribution is 2.21. The van der Waals surface area contributed by atoms with E-state index in [4.69, 9.17) is 16.7 Å². The lowest BCUT2D eigenvalue weighted by Crippen LogP contribution is -2.34. The second-order valence-corrected chi connectivity index (χ2v) is 4.30. The summed E-state index contributed by atoms with van der Waals surface area (Å²) in [4.78, 5) is 24.2. The number of anilines is 1. The van der Waals surface area contributed by atoms with Crippen LogP contribution in [0.2, 0.25) is 5.02 Å². The second kappa shape index (κ2) is 5.38. The van der Waals surface area contributed by atoms with Crippen molar-refractivity contribution in [3.63, 3.8) is 0 Å². The number of imide groups is 1. The van der Waals surface area contributed by atoms with E-state index >= 15 is 0 Å². The molecule has 19 heavy (non-hydrogen) atoms. The molecule has 1 aromatic carbocycles. The van der Waals surface area contributed by atoms with Gasteiger partial charge < -0.3 is 10.4 Å². The van der Waals surface area contributed by atoms with Gasteiger partial charge in [-0.05, 0) is 18.2 Å². The van der Waals surface area contributed by atoms with Crippen molar-refractivity contribution in [1.82, 2.24) is 4.90 Å². The minimum atomic E-state index is -0.570. The number of carbonyl (C=O) groups is 2. The Morgan fingerprint density at radius 1 is 1.32 bits per heavy atom. The van der Waals surface area contributed by atoms with Crippen LogP contribution < -0.4 is 5.32 Å². The fourth-order valence-corrected chi connectivity index (χ4v) is 1.91. The van der Waals surface area contributed by atoms with Crippen molar-refractivity contribution in [2.24, 2.45) is 0 Å². The van der Waals surface area contributed by atoms with Crippen LogP contribution in [-0.2, 0) is 9.59 Å². The molecule has 100 valence electrons. The van der Waals surface area contributed by atoms with Gasteiger partial charge in [0, 0.05) is 16.8 Å². The number of aliphatic hydroxyl groups excluding tert-OH is 1. The highest BCUT2D eigenvalue weighted by Gasteiger charge is 2.30. The Morgan fingerprint density at radius 3 is 2.68 bits per heavy atom. The third-order valence-electron chi connectivity index (χ3n) is 2.47. The quantitative estimate of drug-likeness (QED) is 0.814. The average Bonchev–Trinajstić information content (AvgIpc) is 2.56. The summed E-state index contributed by atoms with van der Waals surface area (Å²) in [6, 6.07) is 3.71. The second-order valence-electron chi connectivity index (χ2n) is 3.86. The molecule has 0 saturated heterocycles. The lowest BCUT2D eigenvalue weighted by molar-refractivity contribution is -0.137. The highest BCUT2D eigenvalue weighted by molar-refractivity contribution is 6.30. The number of rotatable bonds is 4. The molecule has 0 saturated carbocycles. The Hall–Kier alpha value is -1.92. The van der Waals surface area contributed by atoms with Crippen molar-refractivity contribution in [1.29, 1.82) is 0 Å².